The zero-order chi connectivity index (χ0) is 30.1. The zero-order valence-corrected chi connectivity index (χ0v) is 26.5. The Morgan fingerprint density at radius 2 is 1.68 bits per heavy atom. The Balaban J connectivity index is 1.57. The van der Waals surface area contributed by atoms with Gasteiger partial charge in [0.15, 0.2) is 0 Å². The minimum Gasteiger partial charge on any atom is -0.462 e. The molecule has 4 aliphatic carbocycles. The van der Waals surface area contributed by atoms with Gasteiger partial charge in [-0.05, 0) is 99.9 Å². The van der Waals surface area contributed by atoms with Crippen molar-refractivity contribution in [3.63, 3.8) is 0 Å². The monoisotopic (exact) mass is 572 g/mol. The topological polar surface area (TPSA) is 99.1 Å². The van der Waals surface area contributed by atoms with Crippen LogP contribution in [0.2, 0.25) is 0 Å². The molecule has 0 aromatic carbocycles. The van der Waals surface area contributed by atoms with Crippen LogP contribution in [0.1, 0.15) is 120 Å². The average Bonchev–Trinajstić information content (AvgIpc) is 3.18. The Hall–Kier alpha value is -1.89. The van der Waals surface area contributed by atoms with Gasteiger partial charge in [0.25, 0.3) is 0 Å². The van der Waals surface area contributed by atoms with E-state index in [2.05, 4.69) is 34.6 Å². The van der Waals surface area contributed by atoms with Crippen LogP contribution in [0.15, 0.2) is 11.1 Å². The molecule has 7 heteroatoms. The Kier molecular flexibility index (Phi) is 7.74. The van der Waals surface area contributed by atoms with Gasteiger partial charge in [0.05, 0.1) is 12.5 Å². The van der Waals surface area contributed by atoms with Crippen molar-refractivity contribution in [3.05, 3.63) is 11.1 Å². The third-order valence-corrected chi connectivity index (χ3v) is 13.0. The third-order valence-electron chi connectivity index (χ3n) is 13.0. The second kappa shape index (κ2) is 10.4. The highest BCUT2D eigenvalue weighted by Gasteiger charge is 2.70. The number of cyclic esters (lactones) is 1. The molecule has 5 aliphatic rings. The SMILES string of the molecule is CCC(=O)OC(C)C1(C)CCCC2(C)C1CCC1(C)C2CC(OC(=O)CC(C)O)C2(C)C3=C(CCC12)C(C)OC3=O. The second-order valence-corrected chi connectivity index (χ2v) is 15.1. The van der Waals surface area contributed by atoms with E-state index in [1.54, 1.807) is 6.92 Å². The fourth-order valence-corrected chi connectivity index (χ4v) is 11.0. The Bertz CT molecular complexity index is 1130. The van der Waals surface area contributed by atoms with E-state index < -0.39 is 23.6 Å². The van der Waals surface area contributed by atoms with Gasteiger partial charge in [-0.3, -0.25) is 9.59 Å². The standard InChI is InChI=1S/C34H52O7/c1-9-27(36)40-21(4)31(5)14-10-15-32(6)23(31)13-16-33(7)24-12-11-22-20(3)39-30(38)29(22)34(24,8)26(18-25(32)33)41-28(37)17-19(2)35/h19-21,23-26,35H,9-18H2,1-8H3. The number of rotatable bonds is 6. The number of aliphatic hydroxyl groups excluding tert-OH is 1. The van der Waals surface area contributed by atoms with Crippen molar-refractivity contribution in [2.24, 2.45) is 39.4 Å². The molecule has 3 saturated carbocycles. The first-order valence-corrected chi connectivity index (χ1v) is 16.1. The van der Waals surface area contributed by atoms with E-state index in [0.717, 1.165) is 56.1 Å². The van der Waals surface area contributed by atoms with Crippen LogP contribution in [-0.2, 0) is 28.6 Å². The highest BCUT2D eigenvalue weighted by Crippen LogP contribution is 2.74. The molecule has 0 aromatic rings. The molecule has 41 heavy (non-hydrogen) atoms. The minimum absolute atomic E-state index is 0.0265. The predicted molar refractivity (Wildman–Crippen MR) is 154 cm³/mol. The molecule has 3 fully saturated rings. The lowest BCUT2D eigenvalue weighted by Gasteiger charge is -2.70. The zero-order valence-electron chi connectivity index (χ0n) is 26.5. The summed E-state index contributed by atoms with van der Waals surface area (Å²) >= 11 is 0. The molecule has 5 rings (SSSR count). The quantitative estimate of drug-likeness (QED) is 0.294. The molecule has 0 saturated heterocycles. The molecule has 0 amide bonds. The molecular formula is C34H52O7. The van der Waals surface area contributed by atoms with E-state index in [0.29, 0.717) is 18.8 Å². The van der Waals surface area contributed by atoms with E-state index in [1.807, 2.05) is 13.8 Å². The average molecular weight is 573 g/mol. The summed E-state index contributed by atoms with van der Waals surface area (Å²) in [6.45, 7) is 16.8. The summed E-state index contributed by atoms with van der Waals surface area (Å²) in [7, 11) is 0. The lowest BCUT2D eigenvalue weighted by atomic mass is 9.34. The first kappa shape index (κ1) is 30.6. The molecule has 0 spiro atoms. The van der Waals surface area contributed by atoms with Crippen LogP contribution >= 0.6 is 0 Å². The van der Waals surface area contributed by atoms with E-state index in [9.17, 15) is 19.5 Å². The van der Waals surface area contributed by atoms with Crippen molar-refractivity contribution in [1.82, 2.24) is 0 Å². The molecule has 0 radical (unpaired) electrons. The van der Waals surface area contributed by atoms with Gasteiger partial charge in [-0.1, -0.05) is 41.0 Å². The Morgan fingerprint density at radius 1 is 1.00 bits per heavy atom. The molecule has 1 N–H and O–H groups in total. The molecule has 0 aromatic heterocycles. The summed E-state index contributed by atoms with van der Waals surface area (Å²) < 4.78 is 18.1. The van der Waals surface area contributed by atoms with Crippen LogP contribution in [0.25, 0.3) is 0 Å². The minimum atomic E-state index is -0.791. The fraction of sp³-hybridized carbons (Fsp3) is 0.853. The van der Waals surface area contributed by atoms with Crippen LogP contribution in [0.5, 0.6) is 0 Å². The van der Waals surface area contributed by atoms with Gasteiger partial charge in [-0.2, -0.15) is 0 Å². The van der Waals surface area contributed by atoms with Gasteiger partial charge in [0, 0.05) is 22.8 Å². The first-order valence-electron chi connectivity index (χ1n) is 16.1. The summed E-state index contributed by atoms with van der Waals surface area (Å²) in [5.41, 5.74) is 0.979. The number of fused-ring (bicyclic) bond motifs is 6. The molecule has 230 valence electrons. The normalized spacial score (nSPS) is 44.9. The fourth-order valence-electron chi connectivity index (χ4n) is 11.0. The van der Waals surface area contributed by atoms with Crippen molar-refractivity contribution in [1.29, 1.82) is 0 Å². The van der Waals surface area contributed by atoms with Gasteiger partial charge in [0.2, 0.25) is 0 Å². The highest BCUT2D eigenvalue weighted by atomic mass is 16.6. The van der Waals surface area contributed by atoms with Gasteiger partial charge in [-0.15, -0.1) is 0 Å². The number of hydrogen-bond acceptors (Lipinski definition) is 7. The summed E-state index contributed by atoms with van der Waals surface area (Å²) in [4.78, 5) is 38.9. The maximum absolute atomic E-state index is 13.4. The van der Waals surface area contributed by atoms with Crippen LogP contribution in [-0.4, -0.2) is 47.4 Å². The van der Waals surface area contributed by atoms with Crippen molar-refractivity contribution < 1.29 is 33.7 Å². The largest absolute Gasteiger partial charge is 0.462 e. The van der Waals surface area contributed by atoms with Crippen molar-refractivity contribution in [2.75, 3.05) is 0 Å². The highest BCUT2D eigenvalue weighted by molar-refractivity contribution is 5.94. The third kappa shape index (κ3) is 4.50. The van der Waals surface area contributed by atoms with Gasteiger partial charge in [-0.25, -0.2) is 4.79 Å². The van der Waals surface area contributed by atoms with Crippen LogP contribution in [0.4, 0.5) is 0 Å². The number of carbonyl (C=O) groups is 3. The van der Waals surface area contributed by atoms with Crippen molar-refractivity contribution in [3.8, 4) is 0 Å². The molecule has 11 unspecified atom stereocenters. The number of aliphatic hydroxyl groups is 1. The molecule has 1 aliphatic heterocycles. The van der Waals surface area contributed by atoms with Crippen LogP contribution < -0.4 is 0 Å². The molecule has 7 nitrogen and oxygen atoms in total. The van der Waals surface area contributed by atoms with Gasteiger partial charge >= 0.3 is 17.9 Å². The molecular weight excluding hydrogens is 520 g/mol. The first-order chi connectivity index (χ1) is 19.1. The smallest absolute Gasteiger partial charge is 0.335 e. The number of ether oxygens (including phenoxy) is 3. The van der Waals surface area contributed by atoms with Crippen LogP contribution in [0.3, 0.4) is 0 Å². The molecule has 0 bridgehead atoms. The Morgan fingerprint density at radius 3 is 2.34 bits per heavy atom. The Labute approximate surface area is 246 Å². The molecule has 1 heterocycles. The number of hydrogen-bond donors (Lipinski definition) is 1. The van der Waals surface area contributed by atoms with E-state index in [4.69, 9.17) is 14.2 Å². The summed E-state index contributed by atoms with van der Waals surface area (Å²) in [6, 6.07) is 0. The second-order valence-electron chi connectivity index (χ2n) is 15.1. The number of carbonyl (C=O) groups excluding carboxylic acids is 3. The summed E-state index contributed by atoms with van der Waals surface area (Å²) in [6.07, 6.45) is 6.36. The predicted octanol–water partition coefficient (Wildman–Crippen LogP) is 6.30. The lowest BCUT2D eigenvalue weighted by molar-refractivity contribution is -0.237. The van der Waals surface area contributed by atoms with Gasteiger partial charge < -0.3 is 19.3 Å². The van der Waals surface area contributed by atoms with Crippen molar-refractivity contribution >= 4 is 17.9 Å². The van der Waals surface area contributed by atoms with E-state index in [-0.39, 0.29) is 58.6 Å². The van der Waals surface area contributed by atoms with Crippen LogP contribution in [0, 0.1) is 39.4 Å². The van der Waals surface area contributed by atoms with Gasteiger partial charge in [0.1, 0.15) is 18.3 Å². The maximum atomic E-state index is 13.4. The summed E-state index contributed by atoms with van der Waals surface area (Å²) in [5.74, 6) is 0.00309. The number of esters is 3. The summed E-state index contributed by atoms with van der Waals surface area (Å²) in [5, 5.41) is 9.97. The maximum Gasteiger partial charge on any atom is 0.335 e. The van der Waals surface area contributed by atoms with E-state index >= 15 is 0 Å². The lowest BCUT2D eigenvalue weighted by Crippen LogP contribution is -2.67. The van der Waals surface area contributed by atoms with Crippen molar-refractivity contribution in [2.45, 2.75) is 144 Å². The molecule has 11 atom stereocenters. The van der Waals surface area contributed by atoms with E-state index in [1.165, 1.54) is 0 Å².